The van der Waals surface area contributed by atoms with Gasteiger partial charge < -0.3 is 19.4 Å². The standard InChI is InChI=1S/C18H22N4O5/c1-12-10-15(21(2)20-12)19-16(23)11-27-18(25)13-5-7-22(8-6-13)17(24)14-4-3-9-26-14/h3-4,9-10,13H,5-8,11H2,1-2H3,(H,19,23). The van der Waals surface area contributed by atoms with Gasteiger partial charge in [-0.25, -0.2) is 0 Å². The van der Waals surface area contributed by atoms with Crippen molar-refractivity contribution < 1.29 is 23.5 Å². The fourth-order valence-electron chi connectivity index (χ4n) is 3.04. The molecule has 0 bridgehead atoms. The number of aromatic nitrogens is 2. The van der Waals surface area contributed by atoms with Crippen molar-refractivity contribution in [2.75, 3.05) is 25.0 Å². The number of ether oxygens (including phenoxy) is 1. The Kier molecular flexibility index (Phi) is 5.58. The van der Waals surface area contributed by atoms with Crippen molar-refractivity contribution in [3.8, 4) is 0 Å². The van der Waals surface area contributed by atoms with Crippen LogP contribution in [0.4, 0.5) is 5.82 Å². The highest BCUT2D eigenvalue weighted by Gasteiger charge is 2.30. The molecule has 0 radical (unpaired) electrons. The highest BCUT2D eigenvalue weighted by Crippen LogP contribution is 2.20. The minimum Gasteiger partial charge on any atom is -0.459 e. The maximum atomic E-state index is 12.2. The number of carbonyl (C=O) groups is 3. The minimum atomic E-state index is -0.420. The molecule has 9 nitrogen and oxygen atoms in total. The summed E-state index contributed by atoms with van der Waals surface area (Å²) < 4.78 is 11.8. The Morgan fingerprint density at radius 2 is 2.07 bits per heavy atom. The molecule has 3 heterocycles. The third-order valence-corrected chi connectivity index (χ3v) is 4.46. The number of aryl methyl sites for hydroxylation is 2. The maximum absolute atomic E-state index is 12.2. The zero-order valence-electron chi connectivity index (χ0n) is 15.3. The van der Waals surface area contributed by atoms with E-state index in [9.17, 15) is 14.4 Å². The van der Waals surface area contributed by atoms with Crippen LogP contribution in [0.25, 0.3) is 0 Å². The molecule has 0 atom stereocenters. The van der Waals surface area contributed by atoms with Crippen LogP contribution in [0.3, 0.4) is 0 Å². The maximum Gasteiger partial charge on any atom is 0.309 e. The number of furan rings is 1. The van der Waals surface area contributed by atoms with Crippen LogP contribution in [0.15, 0.2) is 28.9 Å². The van der Waals surface area contributed by atoms with Gasteiger partial charge in [-0.2, -0.15) is 5.10 Å². The molecule has 2 aromatic heterocycles. The van der Waals surface area contributed by atoms with E-state index in [-0.39, 0.29) is 24.2 Å². The summed E-state index contributed by atoms with van der Waals surface area (Å²) in [6, 6.07) is 5.01. The molecular formula is C18H22N4O5. The van der Waals surface area contributed by atoms with Gasteiger partial charge in [-0.05, 0) is 31.9 Å². The van der Waals surface area contributed by atoms with Gasteiger partial charge in [0.25, 0.3) is 11.8 Å². The molecule has 0 aliphatic carbocycles. The number of nitrogens with zero attached hydrogens (tertiary/aromatic N) is 3. The Labute approximate surface area is 156 Å². The number of hydrogen-bond donors (Lipinski definition) is 1. The summed E-state index contributed by atoms with van der Waals surface area (Å²) in [5.41, 5.74) is 0.778. The Balaban J connectivity index is 1.42. The van der Waals surface area contributed by atoms with Crippen LogP contribution >= 0.6 is 0 Å². The zero-order valence-corrected chi connectivity index (χ0v) is 15.3. The first-order chi connectivity index (χ1) is 12.9. The van der Waals surface area contributed by atoms with E-state index in [1.165, 1.54) is 6.26 Å². The van der Waals surface area contributed by atoms with Gasteiger partial charge in [0.1, 0.15) is 5.82 Å². The Morgan fingerprint density at radius 3 is 2.67 bits per heavy atom. The van der Waals surface area contributed by atoms with Crippen LogP contribution in [-0.4, -0.2) is 52.2 Å². The van der Waals surface area contributed by atoms with Crippen molar-refractivity contribution in [2.45, 2.75) is 19.8 Å². The zero-order chi connectivity index (χ0) is 19.4. The summed E-state index contributed by atoms with van der Waals surface area (Å²) in [6.45, 7) is 2.35. The summed E-state index contributed by atoms with van der Waals surface area (Å²) in [5, 5.41) is 6.78. The molecule has 0 aromatic carbocycles. The number of esters is 1. The second kappa shape index (κ2) is 8.07. The molecule has 1 aliphatic rings. The Bertz CT molecular complexity index is 819. The van der Waals surface area contributed by atoms with Gasteiger partial charge in [-0.15, -0.1) is 0 Å². The molecule has 1 saturated heterocycles. The highest BCUT2D eigenvalue weighted by atomic mass is 16.5. The summed E-state index contributed by atoms with van der Waals surface area (Å²) >= 11 is 0. The molecule has 0 saturated carbocycles. The lowest BCUT2D eigenvalue weighted by molar-refractivity contribution is -0.152. The number of rotatable bonds is 5. The van der Waals surface area contributed by atoms with Crippen LogP contribution in [0.5, 0.6) is 0 Å². The van der Waals surface area contributed by atoms with Crippen molar-refractivity contribution in [1.29, 1.82) is 0 Å². The molecule has 2 aromatic rings. The van der Waals surface area contributed by atoms with E-state index in [1.54, 1.807) is 34.8 Å². The largest absolute Gasteiger partial charge is 0.459 e. The van der Waals surface area contributed by atoms with Crippen LogP contribution in [0.2, 0.25) is 0 Å². The van der Waals surface area contributed by atoms with Gasteiger partial charge in [0.15, 0.2) is 12.4 Å². The molecule has 9 heteroatoms. The number of hydrogen-bond acceptors (Lipinski definition) is 6. The summed E-state index contributed by atoms with van der Waals surface area (Å²) in [6.07, 6.45) is 2.44. The normalized spacial score (nSPS) is 14.8. The fraction of sp³-hybridized carbons (Fsp3) is 0.444. The van der Waals surface area contributed by atoms with Crippen molar-refractivity contribution in [3.63, 3.8) is 0 Å². The van der Waals surface area contributed by atoms with Gasteiger partial charge in [0.05, 0.1) is 17.9 Å². The lowest BCUT2D eigenvalue weighted by Gasteiger charge is -2.30. The molecule has 2 amide bonds. The molecule has 3 rings (SSSR count). The average Bonchev–Trinajstić information content (AvgIpc) is 3.29. The van der Waals surface area contributed by atoms with Gasteiger partial charge >= 0.3 is 5.97 Å². The molecule has 27 heavy (non-hydrogen) atoms. The van der Waals surface area contributed by atoms with Crippen LogP contribution in [0.1, 0.15) is 29.1 Å². The number of anilines is 1. The number of likely N-dealkylation sites (tertiary alicyclic amines) is 1. The Hall–Kier alpha value is -3.10. The molecule has 1 aliphatic heterocycles. The van der Waals surface area contributed by atoms with Crippen molar-refractivity contribution in [2.24, 2.45) is 13.0 Å². The Morgan fingerprint density at radius 1 is 1.33 bits per heavy atom. The third kappa shape index (κ3) is 4.55. The fourth-order valence-corrected chi connectivity index (χ4v) is 3.04. The lowest BCUT2D eigenvalue weighted by Crippen LogP contribution is -2.40. The molecule has 1 fully saturated rings. The predicted octanol–water partition coefficient (Wildman–Crippen LogP) is 1.36. The molecule has 1 N–H and O–H groups in total. The van der Waals surface area contributed by atoms with Crippen LogP contribution < -0.4 is 5.32 Å². The van der Waals surface area contributed by atoms with E-state index < -0.39 is 11.9 Å². The van der Waals surface area contributed by atoms with Crippen molar-refractivity contribution >= 4 is 23.6 Å². The average molecular weight is 374 g/mol. The number of amides is 2. The second-order valence-corrected chi connectivity index (χ2v) is 6.49. The highest BCUT2D eigenvalue weighted by molar-refractivity contribution is 5.92. The smallest absolute Gasteiger partial charge is 0.309 e. The first kappa shape index (κ1) is 18.7. The van der Waals surface area contributed by atoms with E-state index in [4.69, 9.17) is 9.15 Å². The molecule has 144 valence electrons. The van der Waals surface area contributed by atoms with E-state index in [1.807, 2.05) is 6.92 Å². The monoisotopic (exact) mass is 374 g/mol. The van der Waals surface area contributed by atoms with Crippen molar-refractivity contribution in [1.82, 2.24) is 14.7 Å². The number of piperidine rings is 1. The quantitative estimate of drug-likeness (QED) is 0.792. The summed E-state index contributed by atoms with van der Waals surface area (Å²) in [5.74, 6) is -0.514. The lowest BCUT2D eigenvalue weighted by atomic mass is 9.97. The van der Waals surface area contributed by atoms with E-state index in [2.05, 4.69) is 10.4 Å². The molecule has 0 unspecified atom stereocenters. The SMILES string of the molecule is Cc1cc(NC(=O)COC(=O)C2CCN(C(=O)c3ccco3)CC2)n(C)n1. The van der Waals surface area contributed by atoms with Gasteiger partial charge in [0, 0.05) is 26.2 Å². The third-order valence-electron chi connectivity index (χ3n) is 4.46. The van der Waals surface area contributed by atoms with E-state index >= 15 is 0 Å². The van der Waals surface area contributed by atoms with Crippen LogP contribution in [0, 0.1) is 12.8 Å². The van der Waals surface area contributed by atoms with Gasteiger partial charge in [0.2, 0.25) is 0 Å². The molecular weight excluding hydrogens is 352 g/mol. The second-order valence-electron chi connectivity index (χ2n) is 6.49. The summed E-state index contributed by atoms with van der Waals surface area (Å²) in [7, 11) is 1.71. The van der Waals surface area contributed by atoms with Gasteiger partial charge in [-0.1, -0.05) is 0 Å². The number of nitrogens with one attached hydrogen (secondary N) is 1. The topological polar surface area (TPSA) is 107 Å². The number of carbonyl (C=O) groups excluding carboxylic acids is 3. The molecule has 0 spiro atoms. The minimum absolute atomic E-state index is 0.183. The van der Waals surface area contributed by atoms with Gasteiger partial charge in [-0.3, -0.25) is 19.1 Å². The first-order valence-corrected chi connectivity index (χ1v) is 8.74. The first-order valence-electron chi connectivity index (χ1n) is 8.74. The van der Waals surface area contributed by atoms with E-state index in [0.29, 0.717) is 31.7 Å². The summed E-state index contributed by atoms with van der Waals surface area (Å²) in [4.78, 5) is 38.0. The van der Waals surface area contributed by atoms with E-state index in [0.717, 1.165) is 5.69 Å². The van der Waals surface area contributed by atoms with Crippen LogP contribution in [-0.2, 0) is 21.4 Å². The van der Waals surface area contributed by atoms with Crippen molar-refractivity contribution in [3.05, 3.63) is 35.9 Å². The predicted molar refractivity (Wildman–Crippen MR) is 94.9 cm³/mol.